The molecular weight excluding hydrogens is 124 g/mol. The highest BCUT2D eigenvalue weighted by Crippen LogP contribution is 2.02. The first-order valence-corrected chi connectivity index (χ1v) is 3.83. The Bertz CT molecular complexity index is 127. The first kappa shape index (κ1) is 9.52. The lowest BCUT2D eigenvalue weighted by atomic mass is 10.1. The molecule has 1 nitrogen and oxygen atoms in total. The second-order valence-corrected chi connectivity index (χ2v) is 2.82. The molecule has 0 aromatic rings. The van der Waals surface area contributed by atoms with Crippen molar-refractivity contribution in [3.63, 3.8) is 0 Å². The minimum absolute atomic E-state index is 0.417. The second kappa shape index (κ2) is 5.32. The number of aliphatic hydroxyl groups excluding tert-OH is 1. The Kier molecular flexibility index (Phi) is 5.06. The maximum atomic E-state index is 9.18. The van der Waals surface area contributed by atoms with Crippen molar-refractivity contribution in [2.24, 2.45) is 5.92 Å². The van der Waals surface area contributed by atoms with Gasteiger partial charge in [-0.05, 0) is 12.3 Å². The van der Waals surface area contributed by atoms with Crippen LogP contribution in [0.15, 0.2) is 0 Å². The highest BCUT2D eigenvalue weighted by molar-refractivity contribution is 5.03. The average molecular weight is 140 g/mol. The zero-order valence-electron chi connectivity index (χ0n) is 7.02. The maximum Gasteiger partial charge on any atom is 0.115 e. The van der Waals surface area contributed by atoms with Gasteiger partial charge in [-0.1, -0.05) is 26.7 Å². The monoisotopic (exact) mass is 140 g/mol. The minimum atomic E-state index is -0.417. The van der Waals surface area contributed by atoms with Gasteiger partial charge in [0.25, 0.3) is 0 Å². The number of hydrogen-bond donors (Lipinski definition) is 1. The molecule has 0 bridgehead atoms. The zero-order valence-corrected chi connectivity index (χ0v) is 7.02. The molecule has 1 unspecified atom stereocenters. The van der Waals surface area contributed by atoms with E-state index in [0.29, 0.717) is 5.92 Å². The van der Waals surface area contributed by atoms with Crippen LogP contribution in [0.2, 0.25) is 0 Å². The third-order valence-electron chi connectivity index (χ3n) is 1.14. The van der Waals surface area contributed by atoms with Gasteiger partial charge < -0.3 is 5.11 Å². The van der Waals surface area contributed by atoms with E-state index in [0.717, 1.165) is 12.8 Å². The fourth-order valence-corrected chi connectivity index (χ4v) is 0.725. The molecular formula is C9H16O. The number of hydrogen-bond acceptors (Lipinski definition) is 1. The lowest BCUT2D eigenvalue weighted by Gasteiger charge is -2.04. The average Bonchev–Trinajstić information content (AvgIpc) is 1.82. The van der Waals surface area contributed by atoms with Crippen LogP contribution in [-0.2, 0) is 0 Å². The van der Waals surface area contributed by atoms with Crippen molar-refractivity contribution in [2.45, 2.75) is 39.7 Å². The molecule has 0 aromatic carbocycles. The number of rotatable bonds is 2. The van der Waals surface area contributed by atoms with Crippen LogP contribution in [0.4, 0.5) is 0 Å². The van der Waals surface area contributed by atoms with Crippen LogP contribution in [-0.4, -0.2) is 11.2 Å². The first-order chi connectivity index (χ1) is 4.66. The van der Waals surface area contributed by atoms with Crippen molar-refractivity contribution < 1.29 is 5.11 Å². The van der Waals surface area contributed by atoms with Gasteiger partial charge in [0.2, 0.25) is 0 Å². The van der Waals surface area contributed by atoms with Crippen molar-refractivity contribution in [3.05, 3.63) is 0 Å². The summed E-state index contributed by atoms with van der Waals surface area (Å²) >= 11 is 0. The van der Waals surface area contributed by atoms with E-state index < -0.39 is 6.10 Å². The Balaban J connectivity index is 3.52. The quantitative estimate of drug-likeness (QED) is 0.580. The van der Waals surface area contributed by atoms with E-state index in [-0.39, 0.29) is 0 Å². The molecule has 10 heavy (non-hydrogen) atoms. The second-order valence-electron chi connectivity index (χ2n) is 2.82. The Morgan fingerprint density at radius 1 is 1.40 bits per heavy atom. The standard InChI is InChI=1S/C9H16O/c1-4-5-6-9(10)7-8(2)3/h8-10H,4,7H2,1-3H3. The van der Waals surface area contributed by atoms with Crippen molar-refractivity contribution in [1.82, 2.24) is 0 Å². The molecule has 1 heteroatoms. The van der Waals surface area contributed by atoms with Gasteiger partial charge >= 0.3 is 0 Å². The van der Waals surface area contributed by atoms with E-state index in [4.69, 9.17) is 0 Å². The topological polar surface area (TPSA) is 20.2 Å². The van der Waals surface area contributed by atoms with Gasteiger partial charge in [0.1, 0.15) is 6.10 Å². The summed E-state index contributed by atoms with van der Waals surface area (Å²) in [5.74, 6) is 6.15. The molecule has 1 atom stereocenters. The summed E-state index contributed by atoms with van der Waals surface area (Å²) in [7, 11) is 0. The molecule has 0 aromatic heterocycles. The molecule has 0 saturated carbocycles. The van der Waals surface area contributed by atoms with E-state index >= 15 is 0 Å². The fourth-order valence-electron chi connectivity index (χ4n) is 0.725. The Morgan fingerprint density at radius 2 is 2.00 bits per heavy atom. The maximum absolute atomic E-state index is 9.18. The highest BCUT2D eigenvalue weighted by atomic mass is 16.3. The van der Waals surface area contributed by atoms with Crippen molar-refractivity contribution in [2.75, 3.05) is 0 Å². The van der Waals surface area contributed by atoms with Gasteiger partial charge in [0.05, 0.1) is 0 Å². The minimum Gasteiger partial charge on any atom is -0.380 e. The summed E-state index contributed by atoms with van der Waals surface area (Å²) in [6, 6.07) is 0. The zero-order chi connectivity index (χ0) is 7.98. The predicted octanol–water partition coefficient (Wildman–Crippen LogP) is 1.81. The Labute approximate surface area is 63.5 Å². The van der Waals surface area contributed by atoms with Gasteiger partial charge in [0, 0.05) is 6.42 Å². The van der Waals surface area contributed by atoms with Gasteiger partial charge in [0.15, 0.2) is 0 Å². The summed E-state index contributed by atoms with van der Waals surface area (Å²) in [5.41, 5.74) is 0. The van der Waals surface area contributed by atoms with E-state index in [2.05, 4.69) is 25.7 Å². The molecule has 0 aliphatic heterocycles. The molecule has 0 radical (unpaired) electrons. The summed E-state index contributed by atoms with van der Waals surface area (Å²) in [6.45, 7) is 6.14. The van der Waals surface area contributed by atoms with Crippen LogP contribution >= 0.6 is 0 Å². The van der Waals surface area contributed by atoms with E-state index in [1.807, 2.05) is 6.92 Å². The van der Waals surface area contributed by atoms with Crippen molar-refractivity contribution in [3.8, 4) is 11.8 Å². The summed E-state index contributed by atoms with van der Waals surface area (Å²) in [4.78, 5) is 0. The molecule has 0 aliphatic carbocycles. The van der Waals surface area contributed by atoms with E-state index in [1.165, 1.54) is 0 Å². The van der Waals surface area contributed by atoms with Gasteiger partial charge in [-0.3, -0.25) is 0 Å². The van der Waals surface area contributed by atoms with E-state index in [1.54, 1.807) is 0 Å². The van der Waals surface area contributed by atoms with Crippen molar-refractivity contribution >= 4 is 0 Å². The smallest absolute Gasteiger partial charge is 0.115 e. The van der Waals surface area contributed by atoms with Crippen molar-refractivity contribution in [1.29, 1.82) is 0 Å². The van der Waals surface area contributed by atoms with Gasteiger partial charge in [-0.25, -0.2) is 0 Å². The molecule has 0 fully saturated rings. The molecule has 1 N–H and O–H groups in total. The third-order valence-corrected chi connectivity index (χ3v) is 1.14. The lowest BCUT2D eigenvalue weighted by Crippen LogP contribution is -2.06. The SMILES string of the molecule is CCC#CC(O)CC(C)C. The van der Waals surface area contributed by atoms with Crippen LogP contribution in [0.5, 0.6) is 0 Å². The molecule has 0 rings (SSSR count). The van der Waals surface area contributed by atoms with Crippen LogP contribution in [0.1, 0.15) is 33.6 Å². The van der Waals surface area contributed by atoms with Gasteiger partial charge in [-0.2, -0.15) is 0 Å². The molecule has 0 aliphatic rings. The van der Waals surface area contributed by atoms with Crippen LogP contribution in [0, 0.1) is 17.8 Å². The van der Waals surface area contributed by atoms with Crippen LogP contribution in [0.25, 0.3) is 0 Å². The molecule has 0 saturated heterocycles. The lowest BCUT2D eigenvalue weighted by molar-refractivity contribution is 0.204. The first-order valence-electron chi connectivity index (χ1n) is 3.83. The molecule has 0 heterocycles. The van der Waals surface area contributed by atoms with Crippen LogP contribution in [0.3, 0.4) is 0 Å². The highest BCUT2D eigenvalue weighted by Gasteiger charge is 2.00. The Hall–Kier alpha value is -0.480. The summed E-state index contributed by atoms with van der Waals surface area (Å²) < 4.78 is 0. The predicted molar refractivity (Wildman–Crippen MR) is 43.5 cm³/mol. The normalized spacial score (nSPS) is 12.5. The van der Waals surface area contributed by atoms with Crippen LogP contribution < -0.4 is 0 Å². The largest absolute Gasteiger partial charge is 0.380 e. The third kappa shape index (κ3) is 5.65. The van der Waals surface area contributed by atoms with E-state index in [9.17, 15) is 5.11 Å². The molecule has 0 amide bonds. The summed E-state index contributed by atoms with van der Waals surface area (Å²) in [5, 5.41) is 9.18. The Morgan fingerprint density at radius 3 is 2.40 bits per heavy atom. The molecule has 58 valence electrons. The number of aliphatic hydroxyl groups is 1. The fraction of sp³-hybridized carbons (Fsp3) is 0.778. The van der Waals surface area contributed by atoms with Gasteiger partial charge in [-0.15, -0.1) is 5.92 Å². The summed E-state index contributed by atoms with van der Waals surface area (Å²) in [6.07, 6.45) is 1.20. The molecule has 0 spiro atoms.